The molecule has 0 spiro atoms. The number of hydrazone groups is 1. The normalized spacial score (nSPS) is 17.6. The largest absolute Gasteiger partial charge is 0.302 e. The number of hydrogen-bond acceptors (Lipinski definition) is 5. The second-order valence-electron chi connectivity index (χ2n) is 6.65. The highest BCUT2D eigenvalue weighted by Gasteiger charge is 2.33. The van der Waals surface area contributed by atoms with Crippen molar-refractivity contribution < 1.29 is 9.18 Å². The number of thiophene rings is 2. The van der Waals surface area contributed by atoms with Crippen molar-refractivity contribution in [2.75, 3.05) is 6.54 Å². The van der Waals surface area contributed by atoms with Crippen LogP contribution in [0.5, 0.6) is 0 Å². The molecule has 0 unspecified atom stereocenters. The maximum absolute atomic E-state index is 13.1. The van der Waals surface area contributed by atoms with E-state index in [1.807, 2.05) is 35.9 Å². The van der Waals surface area contributed by atoms with Crippen LogP contribution < -0.4 is 5.32 Å². The molecule has 1 N–H and O–H groups in total. The van der Waals surface area contributed by atoms with Gasteiger partial charge in [0, 0.05) is 17.3 Å². The average Bonchev–Trinajstić information content (AvgIpc) is 3.46. The van der Waals surface area contributed by atoms with Gasteiger partial charge in [0.25, 0.3) is 5.91 Å². The van der Waals surface area contributed by atoms with Gasteiger partial charge in [0.2, 0.25) is 0 Å². The van der Waals surface area contributed by atoms with Gasteiger partial charge in [-0.2, -0.15) is 5.10 Å². The average molecular weight is 414 g/mol. The minimum atomic E-state index is -0.265. The van der Waals surface area contributed by atoms with Crippen molar-refractivity contribution in [1.82, 2.24) is 10.3 Å². The standard InChI is InChI=1S/C21H20FN3OS2/c1-14(15-6-8-16(22)9-7-15)23-13-21(26)25-18(20-5-3-11-28-20)12-17(24-25)19-4-2-10-27-19/h2-11,14,18,23H,12-13H2,1H3/t14-,18-/m0/s1. The molecular weight excluding hydrogens is 393 g/mol. The number of rotatable bonds is 6. The van der Waals surface area contributed by atoms with Gasteiger partial charge in [0.1, 0.15) is 5.82 Å². The molecule has 28 heavy (non-hydrogen) atoms. The zero-order valence-electron chi connectivity index (χ0n) is 15.3. The fraction of sp³-hybridized carbons (Fsp3) is 0.238. The van der Waals surface area contributed by atoms with Crippen molar-refractivity contribution in [3.63, 3.8) is 0 Å². The van der Waals surface area contributed by atoms with E-state index in [2.05, 4.69) is 16.5 Å². The first-order valence-corrected chi connectivity index (χ1v) is 10.8. The highest BCUT2D eigenvalue weighted by atomic mass is 32.1. The molecule has 3 heterocycles. The Morgan fingerprint density at radius 3 is 2.64 bits per heavy atom. The van der Waals surface area contributed by atoms with Crippen molar-refractivity contribution in [2.24, 2.45) is 5.10 Å². The van der Waals surface area contributed by atoms with Gasteiger partial charge < -0.3 is 5.32 Å². The summed E-state index contributed by atoms with van der Waals surface area (Å²) in [4.78, 5) is 15.2. The van der Waals surface area contributed by atoms with E-state index in [0.717, 1.165) is 27.5 Å². The molecule has 0 saturated heterocycles. The van der Waals surface area contributed by atoms with Crippen molar-refractivity contribution in [3.05, 3.63) is 80.4 Å². The van der Waals surface area contributed by atoms with Crippen molar-refractivity contribution >= 4 is 34.3 Å². The lowest BCUT2D eigenvalue weighted by Gasteiger charge is -2.22. The molecule has 2 atom stereocenters. The van der Waals surface area contributed by atoms with Gasteiger partial charge in [-0.3, -0.25) is 4.79 Å². The zero-order chi connectivity index (χ0) is 19.5. The first-order valence-electron chi connectivity index (χ1n) is 9.07. The van der Waals surface area contributed by atoms with Crippen LogP contribution in [0.3, 0.4) is 0 Å². The van der Waals surface area contributed by atoms with Gasteiger partial charge in [0.05, 0.1) is 23.2 Å². The Kier molecular flexibility index (Phi) is 5.66. The first kappa shape index (κ1) is 19.0. The molecular formula is C21H20FN3OS2. The first-order chi connectivity index (χ1) is 13.6. The number of amides is 1. The fourth-order valence-corrected chi connectivity index (χ4v) is 4.76. The number of halogens is 1. The van der Waals surface area contributed by atoms with E-state index in [0.29, 0.717) is 0 Å². The summed E-state index contributed by atoms with van der Waals surface area (Å²) in [5.41, 5.74) is 1.89. The third kappa shape index (κ3) is 4.06. The number of benzene rings is 1. The van der Waals surface area contributed by atoms with E-state index >= 15 is 0 Å². The minimum Gasteiger partial charge on any atom is -0.302 e. The third-order valence-corrected chi connectivity index (χ3v) is 6.66. The van der Waals surface area contributed by atoms with Crippen molar-refractivity contribution in [1.29, 1.82) is 0 Å². The van der Waals surface area contributed by atoms with Crippen LogP contribution in [0.15, 0.2) is 64.4 Å². The Labute approximate surface area is 171 Å². The fourth-order valence-electron chi connectivity index (χ4n) is 3.23. The van der Waals surface area contributed by atoms with Gasteiger partial charge in [0.15, 0.2) is 0 Å². The molecule has 0 fully saturated rings. The molecule has 1 aliphatic heterocycles. The van der Waals surface area contributed by atoms with Crippen LogP contribution in [0.1, 0.15) is 40.7 Å². The van der Waals surface area contributed by atoms with E-state index in [4.69, 9.17) is 0 Å². The van der Waals surface area contributed by atoms with Crippen LogP contribution in [0.25, 0.3) is 0 Å². The van der Waals surface area contributed by atoms with E-state index in [1.165, 1.54) is 12.1 Å². The lowest BCUT2D eigenvalue weighted by molar-refractivity contribution is -0.132. The van der Waals surface area contributed by atoms with Gasteiger partial charge in [-0.15, -0.1) is 22.7 Å². The second kappa shape index (κ2) is 8.34. The molecule has 3 aromatic rings. The highest BCUT2D eigenvalue weighted by molar-refractivity contribution is 7.12. The van der Waals surface area contributed by atoms with Crippen LogP contribution in [-0.2, 0) is 4.79 Å². The monoisotopic (exact) mass is 413 g/mol. The number of carbonyl (C=O) groups is 1. The maximum Gasteiger partial charge on any atom is 0.257 e. The van der Waals surface area contributed by atoms with Crippen LogP contribution >= 0.6 is 22.7 Å². The Bertz CT molecular complexity index is 952. The quantitative estimate of drug-likeness (QED) is 0.620. The van der Waals surface area contributed by atoms with Crippen molar-refractivity contribution in [2.45, 2.75) is 25.4 Å². The molecule has 0 saturated carbocycles. The van der Waals surface area contributed by atoms with E-state index in [1.54, 1.807) is 39.8 Å². The summed E-state index contributed by atoms with van der Waals surface area (Å²) in [7, 11) is 0. The van der Waals surface area contributed by atoms with Crippen LogP contribution in [0.2, 0.25) is 0 Å². The predicted octanol–water partition coefficient (Wildman–Crippen LogP) is 4.98. The molecule has 4 nitrogen and oxygen atoms in total. The summed E-state index contributed by atoms with van der Waals surface area (Å²) in [6.07, 6.45) is 0.723. The smallest absolute Gasteiger partial charge is 0.257 e. The number of nitrogens with zero attached hydrogens (tertiary/aromatic N) is 2. The maximum atomic E-state index is 13.1. The Morgan fingerprint density at radius 1 is 1.21 bits per heavy atom. The molecule has 1 amide bonds. The Hall–Kier alpha value is -2.35. The summed E-state index contributed by atoms with van der Waals surface area (Å²) in [5, 5.41) is 13.6. The number of hydrogen-bond donors (Lipinski definition) is 1. The third-order valence-electron chi connectivity index (χ3n) is 4.77. The van der Waals surface area contributed by atoms with E-state index in [9.17, 15) is 9.18 Å². The Morgan fingerprint density at radius 2 is 1.96 bits per heavy atom. The van der Waals surface area contributed by atoms with Gasteiger partial charge >= 0.3 is 0 Å². The van der Waals surface area contributed by atoms with Crippen molar-refractivity contribution in [3.8, 4) is 0 Å². The molecule has 144 valence electrons. The molecule has 0 radical (unpaired) electrons. The van der Waals surface area contributed by atoms with Crippen LogP contribution in [0.4, 0.5) is 4.39 Å². The van der Waals surface area contributed by atoms with E-state index < -0.39 is 0 Å². The summed E-state index contributed by atoms with van der Waals surface area (Å²) in [6.45, 7) is 2.13. The topological polar surface area (TPSA) is 44.7 Å². The van der Waals surface area contributed by atoms with Gasteiger partial charge in [-0.1, -0.05) is 24.3 Å². The lowest BCUT2D eigenvalue weighted by Crippen LogP contribution is -2.36. The summed E-state index contributed by atoms with van der Waals surface area (Å²) >= 11 is 3.28. The number of carbonyl (C=O) groups excluding carboxylic acids is 1. The van der Waals surface area contributed by atoms with Gasteiger partial charge in [-0.05, 0) is 47.5 Å². The SMILES string of the molecule is C[C@H](NCC(=O)N1N=C(c2cccs2)C[C@H]1c1cccs1)c1ccc(F)cc1. The molecule has 0 aliphatic carbocycles. The zero-order valence-corrected chi connectivity index (χ0v) is 17.0. The molecule has 7 heteroatoms. The predicted molar refractivity (Wildman–Crippen MR) is 112 cm³/mol. The molecule has 1 aliphatic rings. The minimum absolute atomic E-state index is 0.0620. The second-order valence-corrected chi connectivity index (χ2v) is 8.58. The summed E-state index contributed by atoms with van der Waals surface area (Å²) in [6, 6.07) is 14.3. The van der Waals surface area contributed by atoms with E-state index in [-0.39, 0.29) is 30.4 Å². The van der Waals surface area contributed by atoms with Gasteiger partial charge in [-0.25, -0.2) is 9.40 Å². The Balaban J connectivity index is 1.47. The number of nitrogens with one attached hydrogen (secondary N) is 1. The molecule has 4 rings (SSSR count). The molecule has 1 aromatic carbocycles. The van der Waals surface area contributed by atoms with Crippen LogP contribution in [0, 0.1) is 5.82 Å². The summed E-state index contributed by atoms with van der Waals surface area (Å²) in [5.74, 6) is -0.336. The molecule has 0 bridgehead atoms. The molecule has 2 aromatic heterocycles. The summed E-state index contributed by atoms with van der Waals surface area (Å²) < 4.78 is 13.1. The highest BCUT2D eigenvalue weighted by Crippen LogP contribution is 2.35. The van der Waals surface area contributed by atoms with Crippen LogP contribution in [-0.4, -0.2) is 23.2 Å². The lowest BCUT2D eigenvalue weighted by atomic mass is 10.1.